The molecule has 0 radical (unpaired) electrons. The summed E-state index contributed by atoms with van der Waals surface area (Å²) in [6, 6.07) is 4.12. The van der Waals surface area contributed by atoms with E-state index in [2.05, 4.69) is 26.6 Å². The quantitative estimate of drug-likeness (QED) is 0.800. The summed E-state index contributed by atoms with van der Waals surface area (Å²) in [6.07, 6.45) is 2.93. The molecule has 0 saturated heterocycles. The maximum atomic E-state index is 12.3. The van der Waals surface area contributed by atoms with Gasteiger partial charge >= 0.3 is 0 Å². The van der Waals surface area contributed by atoms with Gasteiger partial charge in [-0.2, -0.15) is 0 Å². The van der Waals surface area contributed by atoms with Crippen LogP contribution >= 0.6 is 0 Å². The Balaban J connectivity index is 1.88. The Labute approximate surface area is 130 Å². The first-order valence-corrected chi connectivity index (χ1v) is 7.37. The van der Waals surface area contributed by atoms with Crippen molar-refractivity contribution in [2.24, 2.45) is 0 Å². The number of likely N-dealkylation sites (N-methyl/N-ethyl adjacent to an activating group) is 1. The molecule has 0 saturated carbocycles. The number of nitrogens with zero attached hydrogens (tertiary/aromatic N) is 6. The van der Waals surface area contributed by atoms with Gasteiger partial charge in [-0.15, -0.1) is 5.10 Å². The molecule has 0 aliphatic heterocycles. The number of tetrazole rings is 1. The van der Waals surface area contributed by atoms with E-state index in [4.69, 9.17) is 0 Å². The number of carbonyl (C=O) groups is 1. The molecule has 1 atom stereocenters. The highest BCUT2D eigenvalue weighted by molar-refractivity contribution is 5.76. The van der Waals surface area contributed by atoms with E-state index < -0.39 is 0 Å². The first-order valence-electron chi connectivity index (χ1n) is 7.37. The lowest BCUT2D eigenvalue weighted by molar-refractivity contribution is -0.131. The lowest BCUT2D eigenvalue weighted by atomic mass is 10.1. The number of aryl methyl sites for hydroxylation is 3. The zero-order chi connectivity index (χ0) is 16.1. The van der Waals surface area contributed by atoms with Gasteiger partial charge in [0.05, 0.1) is 6.54 Å². The fourth-order valence-corrected chi connectivity index (χ4v) is 2.23. The fraction of sp³-hybridized carbons (Fsp3) is 0.533. The van der Waals surface area contributed by atoms with Gasteiger partial charge in [0, 0.05) is 37.8 Å². The van der Waals surface area contributed by atoms with Crippen molar-refractivity contribution < 1.29 is 4.79 Å². The number of carbonyl (C=O) groups excluding carboxylic acids is 1. The zero-order valence-corrected chi connectivity index (χ0v) is 13.5. The van der Waals surface area contributed by atoms with Gasteiger partial charge in [0.1, 0.15) is 5.82 Å². The van der Waals surface area contributed by atoms with E-state index >= 15 is 0 Å². The van der Waals surface area contributed by atoms with E-state index in [0.717, 1.165) is 12.1 Å². The highest BCUT2D eigenvalue weighted by atomic mass is 16.2. The summed E-state index contributed by atoms with van der Waals surface area (Å²) < 4.78 is 1.64. The lowest BCUT2D eigenvalue weighted by Crippen LogP contribution is -2.37. The standard InChI is InChI=1S/C15H22N6O/c1-11-5-7-16-14(9-11)10-12(2)20(4)15(22)6-8-21-13(3)17-18-19-21/h5,7,9,12H,6,8,10H2,1-4H3/t12-/m1/s1. The zero-order valence-electron chi connectivity index (χ0n) is 13.5. The van der Waals surface area contributed by atoms with Gasteiger partial charge in [-0.3, -0.25) is 9.78 Å². The summed E-state index contributed by atoms with van der Waals surface area (Å²) in [4.78, 5) is 18.4. The van der Waals surface area contributed by atoms with Crippen LogP contribution < -0.4 is 0 Å². The van der Waals surface area contributed by atoms with Crippen molar-refractivity contribution in [3.05, 3.63) is 35.4 Å². The summed E-state index contributed by atoms with van der Waals surface area (Å²) in [5, 5.41) is 11.2. The van der Waals surface area contributed by atoms with Crippen molar-refractivity contribution in [3.63, 3.8) is 0 Å². The molecule has 0 fully saturated rings. The van der Waals surface area contributed by atoms with Crippen LogP contribution in [0, 0.1) is 13.8 Å². The molecule has 0 unspecified atom stereocenters. The second-order valence-corrected chi connectivity index (χ2v) is 5.58. The molecule has 0 aliphatic carbocycles. The van der Waals surface area contributed by atoms with Crippen molar-refractivity contribution in [2.45, 2.75) is 46.2 Å². The molecule has 2 aromatic heterocycles. The first-order chi connectivity index (χ1) is 10.5. The average molecular weight is 302 g/mol. The molecule has 118 valence electrons. The minimum absolute atomic E-state index is 0.0788. The Morgan fingerprint density at radius 1 is 1.41 bits per heavy atom. The van der Waals surface area contributed by atoms with Crippen molar-refractivity contribution >= 4 is 5.91 Å². The topological polar surface area (TPSA) is 76.8 Å². The largest absolute Gasteiger partial charge is 0.343 e. The molecule has 0 bridgehead atoms. The lowest BCUT2D eigenvalue weighted by Gasteiger charge is -2.25. The molecule has 0 N–H and O–H groups in total. The van der Waals surface area contributed by atoms with Crippen LogP contribution in [0.2, 0.25) is 0 Å². The van der Waals surface area contributed by atoms with Crippen LogP contribution in [0.1, 0.15) is 30.4 Å². The van der Waals surface area contributed by atoms with Crippen molar-refractivity contribution in [2.75, 3.05) is 7.05 Å². The number of hydrogen-bond donors (Lipinski definition) is 0. The Hall–Kier alpha value is -2.31. The maximum absolute atomic E-state index is 12.3. The van der Waals surface area contributed by atoms with Crippen LogP contribution in [0.3, 0.4) is 0 Å². The van der Waals surface area contributed by atoms with Gasteiger partial charge in [0.15, 0.2) is 0 Å². The van der Waals surface area contributed by atoms with E-state index in [9.17, 15) is 4.79 Å². The molecular weight excluding hydrogens is 280 g/mol. The summed E-state index contributed by atoms with van der Waals surface area (Å²) in [6.45, 7) is 6.39. The van der Waals surface area contributed by atoms with E-state index in [1.165, 1.54) is 5.56 Å². The summed E-state index contributed by atoms with van der Waals surface area (Å²) >= 11 is 0. The molecule has 0 aromatic carbocycles. The molecule has 1 amide bonds. The van der Waals surface area contributed by atoms with E-state index in [0.29, 0.717) is 18.8 Å². The summed E-state index contributed by atoms with van der Waals surface area (Å²) in [5.74, 6) is 0.794. The van der Waals surface area contributed by atoms with E-state index in [1.807, 2.05) is 33.9 Å². The predicted molar refractivity (Wildman–Crippen MR) is 82.1 cm³/mol. The highest BCUT2D eigenvalue weighted by Gasteiger charge is 2.17. The third-order valence-electron chi connectivity index (χ3n) is 3.78. The van der Waals surface area contributed by atoms with Gasteiger partial charge in [0.25, 0.3) is 0 Å². The van der Waals surface area contributed by atoms with E-state index in [1.54, 1.807) is 15.8 Å². The minimum atomic E-state index is 0.0788. The third kappa shape index (κ3) is 4.09. The Morgan fingerprint density at radius 2 is 2.18 bits per heavy atom. The van der Waals surface area contributed by atoms with Crippen molar-refractivity contribution in [1.29, 1.82) is 0 Å². The molecule has 2 heterocycles. The van der Waals surface area contributed by atoms with Crippen LogP contribution in [0.25, 0.3) is 0 Å². The van der Waals surface area contributed by atoms with Crippen LogP contribution in [0.4, 0.5) is 0 Å². The van der Waals surface area contributed by atoms with Crippen LogP contribution in [0.5, 0.6) is 0 Å². The summed E-state index contributed by atoms with van der Waals surface area (Å²) in [5.41, 5.74) is 2.18. The molecule has 0 spiro atoms. The highest BCUT2D eigenvalue weighted by Crippen LogP contribution is 2.08. The Morgan fingerprint density at radius 3 is 2.82 bits per heavy atom. The fourth-order valence-electron chi connectivity index (χ4n) is 2.23. The maximum Gasteiger partial charge on any atom is 0.224 e. The molecule has 0 aliphatic rings. The van der Waals surface area contributed by atoms with Crippen molar-refractivity contribution in [3.8, 4) is 0 Å². The molecule has 2 aromatic rings. The van der Waals surface area contributed by atoms with Crippen LogP contribution in [0.15, 0.2) is 18.3 Å². The average Bonchev–Trinajstić information content (AvgIpc) is 2.89. The number of pyridine rings is 1. The number of hydrogen-bond acceptors (Lipinski definition) is 5. The molecule has 2 rings (SSSR count). The molecular formula is C15H22N6O. The molecule has 22 heavy (non-hydrogen) atoms. The number of amides is 1. The minimum Gasteiger partial charge on any atom is -0.343 e. The smallest absolute Gasteiger partial charge is 0.224 e. The Kier molecular flexibility index (Phi) is 5.19. The van der Waals surface area contributed by atoms with Crippen molar-refractivity contribution in [1.82, 2.24) is 30.1 Å². The second kappa shape index (κ2) is 7.11. The Bertz CT molecular complexity index is 638. The molecule has 7 nitrogen and oxygen atoms in total. The molecule has 7 heteroatoms. The second-order valence-electron chi connectivity index (χ2n) is 5.58. The van der Waals surface area contributed by atoms with Gasteiger partial charge in [0.2, 0.25) is 5.91 Å². The monoisotopic (exact) mass is 302 g/mol. The SMILES string of the molecule is Cc1ccnc(C[C@@H](C)N(C)C(=O)CCn2nnnc2C)c1. The van der Waals surface area contributed by atoms with Gasteiger partial charge in [-0.25, -0.2) is 4.68 Å². The third-order valence-corrected chi connectivity index (χ3v) is 3.78. The van der Waals surface area contributed by atoms with Gasteiger partial charge in [-0.05, 0) is 48.9 Å². The number of rotatable bonds is 6. The normalized spacial score (nSPS) is 12.2. The van der Waals surface area contributed by atoms with E-state index in [-0.39, 0.29) is 11.9 Å². The summed E-state index contributed by atoms with van der Waals surface area (Å²) in [7, 11) is 1.83. The predicted octanol–water partition coefficient (Wildman–Crippen LogP) is 1.16. The van der Waals surface area contributed by atoms with Gasteiger partial charge < -0.3 is 4.90 Å². The van der Waals surface area contributed by atoms with Crippen LogP contribution in [-0.2, 0) is 17.8 Å². The van der Waals surface area contributed by atoms with Gasteiger partial charge in [-0.1, -0.05) is 0 Å². The first kappa shape index (κ1) is 16.1. The van der Waals surface area contributed by atoms with Crippen LogP contribution in [-0.4, -0.2) is 49.1 Å². The number of aromatic nitrogens is 5.